The fraction of sp³-hybridized carbons (Fsp3) is 0.143. The fourth-order valence-corrected chi connectivity index (χ4v) is 2.76. The smallest absolute Gasteiger partial charge is 0.0770 e. The second-order valence-corrected chi connectivity index (χ2v) is 5.71. The molecule has 1 unspecified atom stereocenters. The van der Waals surface area contributed by atoms with Gasteiger partial charge < -0.3 is 5.32 Å². The van der Waals surface area contributed by atoms with Crippen molar-refractivity contribution in [2.75, 3.05) is 5.32 Å². The van der Waals surface area contributed by atoms with E-state index in [1.807, 2.05) is 6.07 Å². The van der Waals surface area contributed by atoms with E-state index in [1.165, 1.54) is 22.3 Å². The summed E-state index contributed by atoms with van der Waals surface area (Å²) in [6, 6.07) is 27.8. The maximum Gasteiger partial charge on any atom is 0.0770 e. The second-order valence-electron chi connectivity index (χ2n) is 5.71. The van der Waals surface area contributed by atoms with Gasteiger partial charge in [0.15, 0.2) is 0 Å². The first-order valence-electron chi connectivity index (χ1n) is 7.68. The lowest BCUT2D eigenvalue weighted by atomic mass is 9.93. The molecule has 1 N–H and O–H groups in total. The molecule has 3 rings (SSSR count). The highest BCUT2D eigenvalue weighted by atomic mass is 14.9. The Bertz CT molecular complexity index is 732. The minimum absolute atomic E-state index is 0.156. The Hall–Kier alpha value is -2.54. The molecule has 0 aliphatic carbocycles. The summed E-state index contributed by atoms with van der Waals surface area (Å²) >= 11 is 0. The third-order valence-electron chi connectivity index (χ3n) is 3.96. The van der Waals surface area contributed by atoms with Crippen LogP contribution in [0.3, 0.4) is 0 Å². The van der Waals surface area contributed by atoms with Crippen molar-refractivity contribution in [2.45, 2.75) is 19.9 Å². The predicted molar refractivity (Wildman–Crippen MR) is 94.3 cm³/mol. The van der Waals surface area contributed by atoms with Gasteiger partial charge in [-0.3, -0.25) is 0 Å². The van der Waals surface area contributed by atoms with Gasteiger partial charge in [0, 0.05) is 5.69 Å². The molecule has 3 aromatic carbocycles. The molecule has 3 aromatic rings. The molecule has 0 heterocycles. The minimum Gasteiger partial charge on any atom is -0.374 e. The summed E-state index contributed by atoms with van der Waals surface area (Å²) in [4.78, 5) is 0. The lowest BCUT2D eigenvalue weighted by molar-refractivity contribution is 0.924. The van der Waals surface area contributed by atoms with Crippen LogP contribution in [0.4, 0.5) is 5.69 Å². The summed E-state index contributed by atoms with van der Waals surface area (Å²) in [6.45, 7) is 4.32. The van der Waals surface area contributed by atoms with Crippen molar-refractivity contribution in [3.63, 3.8) is 0 Å². The quantitative estimate of drug-likeness (QED) is 0.667. The highest BCUT2D eigenvalue weighted by molar-refractivity contribution is 5.50. The second kappa shape index (κ2) is 6.48. The van der Waals surface area contributed by atoms with E-state index < -0.39 is 0 Å². The monoisotopic (exact) mass is 287 g/mol. The summed E-state index contributed by atoms with van der Waals surface area (Å²) in [5, 5.41) is 3.68. The van der Waals surface area contributed by atoms with Crippen molar-refractivity contribution in [3.05, 3.63) is 101 Å². The normalized spacial score (nSPS) is 11.9. The number of hydrogen-bond acceptors (Lipinski definition) is 1. The van der Waals surface area contributed by atoms with Crippen molar-refractivity contribution in [2.24, 2.45) is 0 Å². The Labute approximate surface area is 132 Å². The van der Waals surface area contributed by atoms with Crippen LogP contribution in [-0.2, 0) is 0 Å². The summed E-state index contributed by atoms with van der Waals surface area (Å²) in [6.07, 6.45) is 0. The molecule has 0 radical (unpaired) electrons. The van der Waals surface area contributed by atoms with Gasteiger partial charge in [-0.1, -0.05) is 72.3 Å². The Kier molecular flexibility index (Phi) is 4.24. The lowest BCUT2D eigenvalue weighted by Gasteiger charge is -2.23. The Morgan fingerprint density at radius 3 is 2.05 bits per heavy atom. The third kappa shape index (κ3) is 3.20. The lowest BCUT2D eigenvalue weighted by Crippen LogP contribution is -2.13. The molecule has 22 heavy (non-hydrogen) atoms. The Morgan fingerprint density at radius 2 is 1.36 bits per heavy atom. The minimum atomic E-state index is 0.156. The van der Waals surface area contributed by atoms with Crippen molar-refractivity contribution in [1.29, 1.82) is 0 Å². The van der Waals surface area contributed by atoms with Crippen molar-refractivity contribution in [3.8, 4) is 0 Å². The van der Waals surface area contributed by atoms with Gasteiger partial charge >= 0.3 is 0 Å². The largest absolute Gasteiger partial charge is 0.374 e. The third-order valence-corrected chi connectivity index (χ3v) is 3.96. The van der Waals surface area contributed by atoms with Gasteiger partial charge in [-0.2, -0.15) is 0 Å². The van der Waals surface area contributed by atoms with Crippen LogP contribution in [0.1, 0.15) is 28.3 Å². The topological polar surface area (TPSA) is 12.0 Å². The first kappa shape index (κ1) is 14.4. The predicted octanol–water partition coefficient (Wildman–Crippen LogP) is 5.50. The zero-order valence-electron chi connectivity index (χ0n) is 13.1. The van der Waals surface area contributed by atoms with E-state index in [9.17, 15) is 0 Å². The highest BCUT2D eigenvalue weighted by Gasteiger charge is 2.16. The number of para-hydroxylation sites is 1. The summed E-state index contributed by atoms with van der Waals surface area (Å²) in [7, 11) is 0. The molecule has 0 bridgehead atoms. The molecule has 0 saturated carbocycles. The highest BCUT2D eigenvalue weighted by Crippen LogP contribution is 2.29. The number of anilines is 1. The average molecular weight is 287 g/mol. The standard InChI is InChI=1S/C21H21N/c1-16-13-14-17(2)20(15-16)21(18-9-5-3-6-10-18)22-19-11-7-4-8-12-19/h3-15,21-22H,1-2H3. The summed E-state index contributed by atoms with van der Waals surface area (Å²) in [5.74, 6) is 0. The fourth-order valence-electron chi connectivity index (χ4n) is 2.76. The zero-order valence-corrected chi connectivity index (χ0v) is 13.1. The SMILES string of the molecule is Cc1ccc(C)c(C(Nc2ccccc2)c2ccccc2)c1. The van der Waals surface area contributed by atoms with Crippen LogP contribution >= 0.6 is 0 Å². The molecule has 1 heteroatoms. The van der Waals surface area contributed by atoms with Crippen molar-refractivity contribution < 1.29 is 0 Å². The van der Waals surface area contributed by atoms with Crippen LogP contribution in [0.5, 0.6) is 0 Å². The van der Waals surface area contributed by atoms with Gasteiger partial charge in [-0.15, -0.1) is 0 Å². The van der Waals surface area contributed by atoms with Crippen molar-refractivity contribution >= 4 is 5.69 Å². The Morgan fingerprint density at radius 1 is 0.727 bits per heavy atom. The molecule has 110 valence electrons. The molecule has 0 aliphatic heterocycles. The van der Waals surface area contributed by atoms with E-state index in [1.54, 1.807) is 0 Å². The van der Waals surface area contributed by atoms with Crippen LogP contribution in [0.15, 0.2) is 78.9 Å². The first-order chi connectivity index (χ1) is 10.7. The maximum absolute atomic E-state index is 3.68. The van der Waals surface area contributed by atoms with Crippen LogP contribution in [0, 0.1) is 13.8 Å². The van der Waals surface area contributed by atoms with E-state index in [0.29, 0.717) is 0 Å². The number of nitrogens with one attached hydrogen (secondary N) is 1. The molecule has 0 aliphatic rings. The molecule has 0 spiro atoms. The van der Waals surface area contributed by atoms with E-state index in [-0.39, 0.29) is 6.04 Å². The van der Waals surface area contributed by atoms with Crippen LogP contribution < -0.4 is 5.32 Å². The molecule has 1 nitrogen and oxygen atoms in total. The molecular weight excluding hydrogens is 266 g/mol. The molecule has 0 amide bonds. The van der Waals surface area contributed by atoms with E-state index in [0.717, 1.165) is 5.69 Å². The number of benzene rings is 3. The van der Waals surface area contributed by atoms with E-state index in [4.69, 9.17) is 0 Å². The average Bonchev–Trinajstić information content (AvgIpc) is 2.57. The van der Waals surface area contributed by atoms with Gasteiger partial charge in [0.25, 0.3) is 0 Å². The van der Waals surface area contributed by atoms with E-state index in [2.05, 4.69) is 92.0 Å². The van der Waals surface area contributed by atoms with Crippen molar-refractivity contribution in [1.82, 2.24) is 0 Å². The summed E-state index contributed by atoms with van der Waals surface area (Å²) in [5.41, 5.74) is 6.34. The Balaban J connectivity index is 2.05. The van der Waals surface area contributed by atoms with Gasteiger partial charge in [0.1, 0.15) is 0 Å². The molecule has 0 fully saturated rings. The van der Waals surface area contributed by atoms with Gasteiger partial charge in [0.2, 0.25) is 0 Å². The molecular formula is C21H21N. The number of rotatable bonds is 4. The van der Waals surface area contributed by atoms with Crippen LogP contribution in [-0.4, -0.2) is 0 Å². The zero-order chi connectivity index (χ0) is 15.4. The summed E-state index contributed by atoms with van der Waals surface area (Å²) < 4.78 is 0. The number of hydrogen-bond donors (Lipinski definition) is 1. The maximum atomic E-state index is 3.68. The van der Waals surface area contributed by atoms with Crippen LogP contribution in [0.2, 0.25) is 0 Å². The van der Waals surface area contributed by atoms with Gasteiger partial charge in [-0.05, 0) is 42.7 Å². The van der Waals surface area contributed by atoms with Gasteiger partial charge in [0.05, 0.1) is 6.04 Å². The first-order valence-corrected chi connectivity index (χ1v) is 7.68. The van der Waals surface area contributed by atoms with Crippen LogP contribution in [0.25, 0.3) is 0 Å². The molecule has 1 atom stereocenters. The van der Waals surface area contributed by atoms with E-state index >= 15 is 0 Å². The van der Waals surface area contributed by atoms with Gasteiger partial charge in [-0.25, -0.2) is 0 Å². The molecule has 0 aromatic heterocycles. The molecule has 0 saturated heterocycles. The number of aryl methyl sites for hydroxylation is 2.